The van der Waals surface area contributed by atoms with Gasteiger partial charge in [0.2, 0.25) is 11.8 Å². The van der Waals surface area contributed by atoms with Crippen molar-refractivity contribution in [2.45, 2.75) is 39.5 Å². The van der Waals surface area contributed by atoms with Crippen molar-refractivity contribution >= 4 is 17.5 Å². The fourth-order valence-electron chi connectivity index (χ4n) is 1.86. The van der Waals surface area contributed by atoms with Gasteiger partial charge >= 0.3 is 0 Å². The second kappa shape index (κ2) is 8.50. The Bertz CT molecular complexity index is 560. The summed E-state index contributed by atoms with van der Waals surface area (Å²) in [5, 5.41) is 14.4. The van der Waals surface area contributed by atoms with Crippen molar-refractivity contribution in [3.05, 3.63) is 23.8 Å². The molecule has 1 rings (SSSR count). The number of hydrogen-bond acceptors (Lipinski definition) is 5. The Labute approximate surface area is 136 Å². The Morgan fingerprint density at radius 1 is 1.26 bits per heavy atom. The van der Waals surface area contributed by atoms with Crippen LogP contribution in [-0.4, -0.2) is 36.1 Å². The van der Waals surface area contributed by atoms with E-state index in [0.29, 0.717) is 17.0 Å². The second-order valence-electron chi connectivity index (χ2n) is 5.68. The average Bonchev–Trinajstić information content (AvgIpc) is 2.53. The van der Waals surface area contributed by atoms with Gasteiger partial charge in [0.25, 0.3) is 0 Å². The van der Waals surface area contributed by atoms with Crippen LogP contribution in [0, 0.1) is 5.92 Å². The first-order chi connectivity index (χ1) is 10.8. The van der Waals surface area contributed by atoms with Crippen molar-refractivity contribution in [2.75, 3.05) is 12.4 Å². The summed E-state index contributed by atoms with van der Waals surface area (Å²) in [6.45, 7) is 5.13. The van der Waals surface area contributed by atoms with E-state index in [1.807, 2.05) is 13.8 Å². The summed E-state index contributed by atoms with van der Waals surface area (Å²) in [4.78, 5) is 24.1. The first-order valence-electron chi connectivity index (χ1n) is 7.44. The zero-order chi connectivity index (χ0) is 17.6. The molecule has 2 atom stereocenters. The minimum atomic E-state index is -0.741. The lowest BCUT2D eigenvalue weighted by Gasteiger charge is -2.20. The first-order valence-corrected chi connectivity index (χ1v) is 7.44. The first kappa shape index (κ1) is 18.9. The largest absolute Gasteiger partial charge is 0.495 e. The van der Waals surface area contributed by atoms with Crippen LogP contribution in [0.25, 0.3) is 0 Å². The van der Waals surface area contributed by atoms with Crippen molar-refractivity contribution in [1.29, 1.82) is 0 Å². The summed E-state index contributed by atoms with van der Waals surface area (Å²) >= 11 is 0. The minimum absolute atomic E-state index is 0.0172. The fourth-order valence-corrected chi connectivity index (χ4v) is 1.86. The molecule has 5 N–H and O–H groups in total. The van der Waals surface area contributed by atoms with Gasteiger partial charge in [0.05, 0.1) is 25.4 Å². The van der Waals surface area contributed by atoms with E-state index in [4.69, 9.17) is 15.6 Å². The molecule has 0 saturated carbocycles. The zero-order valence-corrected chi connectivity index (χ0v) is 13.9. The van der Waals surface area contributed by atoms with Gasteiger partial charge in [0.1, 0.15) is 11.8 Å². The molecule has 0 saturated heterocycles. The molecular formula is C16H25N3O4. The molecule has 0 aliphatic rings. The van der Waals surface area contributed by atoms with Crippen LogP contribution in [0.1, 0.15) is 26.3 Å². The number of hydrogen-bond donors (Lipinski definition) is 4. The molecule has 1 aromatic carbocycles. The predicted octanol–water partition coefficient (Wildman–Crippen LogP) is 0.614. The number of carbonyl (C=O) groups excluding carboxylic acids is 2. The van der Waals surface area contributed by atoms with E-state index in [-0.39, 0.29) is 24.3 Å². The molecule has 2 amide bonds. The number of aliphatic hydroxyl groups excluding tert-OH is 1. The van der Waals surface area contributed by atoms with Crippen molar-refractivity contribution in [1.82, 2.24) is 5.32 Å². The van der Waals surface area contributed by atoms with Gasteiger partial charge in [-0.25, -0.2) is 0 Å². The van der Waals surface area contributed by atoms with E-state index < -0.39 is 12.1 Å². The molecule has 0 spiro atoms. The number of carbonyl (C=O) groups is 2. The third kappa shape index (κ3) is 5.22. The lowest BCUT2D eigenvalue weighted by atomic mass is 10.0. The molecule has 0 unspecified atom stereocenters. The number of anilines is 1. The molecule has 0 aliphatic heterocycles. The number of benzene rings is 1. The van der Waals surface area contributed by atoms with Gasteiger partial charge in [-0.15, -0.1) is 0 Å². The van der Waals surface area contributed by atoms with Crippen molar-refractivity contribution in [3.63, 3.8) is 0 Å². The van der Waals surface area contributed by atoms with Crippen LogP contribution in [0.4, 0.5) is 5.69 Å². The van der Waals surface area contributed by atoms with Crippen LogP contribution in [0.5, 0.6) is 5.75 Å². The monoisotopic (exact) mass is 323 g/mol. The van der Waals surface area contributed by atoms with Gasteiger partial charge in [-0.2, -0.15) is 0 Å². The number of aliphatic hydroxyl groups is 1. The second-order valence-corrected chi connectivity index (χ2v) is 5.68. The molecule has 0 aromatic heterocycles. The van der Waals surface area contributed by atoms with Crippen LogP contribution in [0.2, 0.25) is 0 Å². The molecule has 0 radical (unpaired) electrons. The summed E-state index contributed by atoms with van der Waals surface area (Å²) < 4.78 is 5.19. The summed E-state index contributed by atoms with van der Waals surface area (Å²) in [7, 11) is 1.47. The highest BCUT2D eigenvalue weighted by molar-refractivity contribution is 5.98. The van der Waals surface area contributed by atoms with Crippen molar-refractivity contribution in [3.8, 4) is 5.75 Å². The number of methoxy groups -OCH3 is 1. The molecule has 0 aliphatic carbocycles. The molecule has 0 bridgehead atoms. The highest BCUT2D eigenvalue weighted by atomic mass is 16.5. The standard InChI is InChI=1S/C16H25N3O4/c1-9(2)14(17)16(22)18-10(3)15(21)19-12-6-5-11(8-20)7-13(12)23-4/h5-7,9-10,14,20H,8,17H2,1-4H3,(H,18,22)(H,19,21)/t10-,14-/m0/s1. The van der Waals surface area contributed by atoms with Gasteiger partial charge in [-0.3, -0.25) is 9.59 Å². The third-order valence-corrected chi connectivity index (χ3v) is 3.48. The molecule has 1 aromatic rings. The summed E-state index contributed by atoms with van der Waals surface area (Å²) in [6.07, 6.45) is 0. The molecule has 128 valence electrons. The Morgan fingerprint density at radius 2 is 1.91 bits per heavy atom. The van der Waals surface area contributed by atoms with Gasteiger partial charge < -0.3 is 26.2 Å². The summed E-state index contributed by atoms with van der Waals surface area (Å²) in [5.74, 6) is -0.340. The predicted molar refractivity (Wildman–Crippen MR) is 88.0 cm³/mol. The molecule has 23 heavy (non-hydrogen) atoms. The van der Waals surface area contributed by atoms with E-state index in [2.05, 4.69) is 10.6 Å². The van der Waals surface area contributed by atoms with Crippen LogP contribution >= 0.6 is 0 Å². The normalized spacial score (nSPS) is 13.3. The van der Waals surface area contributed by atoms with Crippen LogP contribution in [0.3, 0.4) is 0 Å². The lowest BCUT2D eigenvalue weighted by Crippen LogP contribution is -2.50. The van der Waals surface area contributed by atoms with Gasteiger partial charge in [0, 0.05) is 0 Å². The highest BCUT2D eigenvalue weighted by Gasteiger charge is 2.22. The number of ether oxygens (including phenoxy) is 1. The SMILES string of the molecule is COc1cc(CO)ccc1NC(=O)[C@H](C)NC(=O)[C@@H](N)C(C)C. The maximum absolute atomic E-state index is 12.2. The van der Waals surface area contributed by atoms with Gasteiger partial charge in [-0.1, -0.05) is 19.9 Å². The van der Waals surface area contributed by atoms with Crippen LogP contribution < -0.4 is 21.1 Å². The number of nitrogens with one attached hydrogen (secondary N) is 2. The van der Waals surface area contributed by atoms with E-state index in [0.717, 1.165) is 0 Å². The Morgan fingerprint density at radius 3 is 2.43 bits per heavy atom. The fraction of sp³-hybridized carbons (Fsp3) is 0.500. The molecule has 0 fully saturated rings. The molecule has 7 heteroatoms. The average molecular weight is 323 g/mol. The van der Waals surface area contributed by atoms with E-state index in [9.17, 15) is 9.59 Å². The highest BCUT2D eigenvalue weighted by Crippen LogP contribution is 2.25. The third-order valence-electron chi connectivity index (χ3n) is 3.48. The van der Waals surface area contributed by atoms with E-state index in [1.165, 1.54) is 7.11 Å². The lowest BCUT2D eigenvalue weighted by molar-refractivity contribution is -0.127. The number of rotatable bonds is 7. The summed E-state index contributed by atoms with van der Waals surface area (Å²) in [5.41, 5.74) is 6.88. The smallest absolute Gasteiger partial charge is 0.246 e. The topological polar surface area (TPSA) is 114 Å². The van der Waals surface area contributed by atoms with Crippen LogP contribution in [0.15, 0.2) is 18.2 Å². The maximum Gasteiger partial charge on any atom is 0.246 e. The molecule has 7 nitrogen and oxygen atoms in total. The maximum atomic E-state index is 12.2. The Hall–Kier alpha value is -2.12. The zero-order valence-electron chi connectivity index (χ0n) is 13.9. The van der Waals surface area contributed by atoms with Crippen molar-refractivity contribution < 1.29 is 19.4 Å². The van der Waals surface area contributed by atoms with Crippen LogP contribution in [-0.2, 0) is 16.2 Å². The van der Waals surface area contributed by atoms with Crippen molar-refractivity contribution in [2.24, 2.45) is 11.7 Å². The Kier molecular flexibility index (Phi) is 6.99. The van der Waals surface area contributed by atoms with Gasteiger partial charge in [-0.05, 0) is 30.5 Å². The molecule has 0 heterocycles. The summed E-state index contributed by atoms with van der Waals surface area (Å²) in [6, 6.07) is 3.54. The van der Waals surface area contributed by atoms with E-state index >= 15 is 0 Å². The van der Waals surface area contributed by atoms with Gasteiger partial charge in [0.15, 0.2) is 0 Å². The quantitative estimate of drug-likeness (QED) is 0.587. The number of nitrogens with two attached hydrogens (primary N) is 1. The molecular weight excluding hydrogens is 298 g/mol. The van der Waals surface area contributed by atoms with E-state index in [1.54, 1.807) is 25.1 Å². The Balaban J connectivity index is 2.74. The minimum Gasteiger partial charge on any atom is -0.495 e. The number of amides is 2.